The molecular formula is C12H15BrF3N. The summed E-state index contributed by atoms with van der Waals surface area (Å²) < 4.78 is 38.2. The minimum absolute atomic E-state index is 0.693. The van der Waals surface area contributed by atoms with Crippen LogP contribution < -0.4 is 5.32 Å². The van der Waals surface area contributed by atoms with E-state index in [0.29, 0.717) is 5.56 Å². The summed E-state index contributed by atoms with van der Waals surface area (Å²) in [5.41, 5.74) is 2.49. The number of nitrogens with one attached hydrogen (secondary N) is 1. The van der Waals surface area contributed by atoms with Crippen LogP contribution in [0.25, 0.3) is 0 Å². The molecule has 0 heterocycles. The Morgan fingerprint density at radius 2 is 1.82 bits per heavy atom. The lowest BCUT2D eigenvalue weighted by Crippen LogP contribution is -2.24. The molecule has 1 rings (SSSR count). The SMILES string of the molecule is CNC(CC(F)(F)F)c1cc(C)c(Br)cc1C. The molecule has 0 aromatic heterocycles. The molecule has 0 saturated heterocycles. The van der Waals surface area contributed by atoms with E-state index in [1.165, 1.54) is 0 Å². The van der Waals surface area contributed by atoms with Crippen LogP contribution in [0.3, 0.4) is 0 Å². The van der Waals surface area contributed by atoms with Crippen molar-refractivity contribution in [3.8, 4) is 0 Å². The number of alkyl halides is 3. The number of aryl methyl sites for hydroxylation is 2. The molecule has 0 aliphatic carbocycles. The van der Waals surface area contributed by atoms with E-state index < -0.39 is 18.6 Å². The summed E-state index contributed by atoms with van der Waals surface area (Å²) in [7, 11) is 1.55. The summed E-state index contributed by atoms with van der Waals surface area (Å²) in [5, 5.41) is 2.73. The average Bonchev–Trinajstić information content (AvgIpc) is 2.19. The summed E-state index contributed by atoms with van der Waals surface area (Å²) in [6.07, 6.45) is -5.02. The lowest BCUT2D eigenvalue weighted by atomic mass is 9.96. The summed E-state index contributed by atoms with van der Waals surface area (Å²) in [5.74, 6) is 0. The number of rotatable bonds is 3. The van der Waals surface area contributed by atoms with Gasteiger partial charge in [0.25, 0.3) is 0 Å². The van der Waals surface area contributed by atoms with E-state index in [1.54, 1.807) is 13.1 Å². The minimum atomic E-state index is -4.17. The summed E-state index contributed by atoms with van der Waals surface area (Å²) in [6, 6.07) is 2.96. The minimum Gasteiger partial charge on any atom is -0.313 e. The van der Waals surface area contributed by atoms with E-state index >= 15 is 0 Å². The van der Waals surface area contributed by atoms with Gasteiger partial charge in [-0.05, 0) is 43.7 Å². The van der Waals surface area contributed by atoms with Crippen molar-refractivity contribution in [3.05, 3.63) is 33.3 Å². The standard InChI is InChI=1S/C12H15BrF3N/c1-7-5-10(13)8(2)4-9(7)11(17-3)6-12(14,15)16/h4-5,11,17H,6H2,1-3H3. The fraction of sp³-hybridized carbons (Fsp3) is 0.500. The van der Waals surface area contributed by atoms with Gasteiger partial charge in [-0.3, -0.25) is 0 Å². The predicted molar refractivity (Wildman–Crippen MR) is 66.1 cm³/mol. The van der Waals surface area contributed by atoms with Crippen molar-refractivity contribution in [1.82, 2.24) is 5.32 Å². The van der Waals surface area contributed by atoms with Crippen molar-refractivity contribution in [2.24, 2.45) is 0 Å². The molecule has 0 aliphatic heterocycles. The maximum atomic E-state index is 12.4. The smallest absolute Gasteiger partial charge is 0.313 e. The normalized spacial score (nSPS) is 13.8. The van der Waals surface area contributed by atoms with Crippen molar-refractivity contribution in [2.45, 2.75) is 32.5 Å². The Balaban J connectivity index is 3.08. The van der Waals surface area contributed by atoms with Crippen LogP contribution >= 0.6 is 15.9 Å². The van der Waals surface area contributed by atoms with Gasteiger partial charge in [0.2, 0.25) is 0 Å². The Morgan fingerprint density at radius 1 is 1.24 bits per heavy atom. The Hall–Kier alpha value is -0.550. The highest BCUT2D eigenvalue weighted by molar-refractivity contribution is 9.10. The maximum Gasteiger partial charge on any atom is 0.390 e. The molecule has 1 nitrogen and oxygen atoms in total. The Morgan fingerprint density at radius 3 is 2.29 bits per heavy atom. The first kappa shape index (κ1) is 14.5. The van der Waals surface area contributed by atoms with Crippen LogP contribution in [-0.4, -0.2) is 13.2 Å². The molecule has 0 fully saturated rings. The summed E-state index contributed by atoms with van der Waals surface area (Å²) >= 11 is 3.37. The summed E-state index contributed by atoms with van der Waals surface area (Å²) in [6.45, 7) is 3.69. The molecule has 0 aliphatic rings. The fourth-order valence-electron chi connectivity index (χ4n) is 1.78. The second-order valence-electron chi connectivity index (χ2n) is 4.12. The molecule has 1 aromatic carbocycles. The van der Waals surface area contributed by atoms with E-state index in [1.807, 2.05) is 19.9 Å². The summed E-state index contributed by atoms with van der Waals surface area (Å²) in [4.78, 5) is 0. The second kappa shape index (κ2) is 5.40. The number of hydrogen-bond acceptors (Lipinski definition) is 1. The fourth-order valence-corrected chi connectivity index (χ4v) is 2.24. The van der Waals surface area contributed by atoms with E-state index in [4.69, 9.17) is 0 Å². The second-order valence-corrected chi connectivity index (χ2v) is 4.97. The molecule has 17 heavy (non-hydrogen) atoms. The molecule has 0 amide bonds. The maximum absolute atomic E-state index is 12.4. The monoisotopic (exact) mass is 309 g/mol. The van der Waals surface area contributed by atoms with E-state index in [2.05, 4.69) is 21.2 Å². The van der Waals surface area contributed by atoms with Crippen molar-refractivity contribution in [1.29, 1.82) is 0 Å². The van der Waals surface area contributed by atoms with Crippen molar-refractivity contribution < 1.29 is 13.2 Å². The van der Waals surface area contributed by atoms with Crippen LogP contribution in [0.2, 0.25) is 0 Å². The number of benzene rings is 1. The molecule has 1 N–H and O–H groups in total. The highest BCUT2D eigenvalue weighted by Crippen LogP contribution is 2.32. The van der Waals surface area contributed by atoms with Gasteiger partial charge in [-0.1, -0.05) is 22.0 Å². The molecule has 96 valence electrons. The van der Waals surface area contributed by atoms with Gasteiger partial charge in [-0.25, -0.2) is 0 Å². The molecule has 0 saturated carbocycles. The Kier molecular flexibility index (Phi) is 4.61. The quantitative estimate of drug-likeness (QED) is 0.879. The first-order valence-corrected chi connectivity index (χ1v) is 6.04. The third kappa shape index (κ3) is 4.00. The van der Waals surface area contributed by atoms with Crippen molar-refractivity contribution in [3.63, 3.8) is 0 Å². The molecule has 1 aromatic rings. The molecule has 0 radical (unpaired) electrons. The third-order valence-corrected chi connectivity index (χ3v) is 3.56. The lowest BCUT2D eigenvalue weighted by Gasteiger charge is -2.21. The van der Waals surface area contributed by atoms with E-state index in [0.717, 1.165) is 15.6 Å². The van der Waals surface area contributed by atoms with Gasteiger partial charge >= 0.3 is 6.18 Å². The van der Waals surface area contributed by atoms with Crippen LogP contribution in [0.1, 0.15) is 29.2 Å². The van der Waals surface area contributed by atoms with Gasteiger partial charge in [0.1, 0.15) is 0 Å². The third-order valence-electron chi connectivity index (χ3n) is 2.71. The van der Waals surface area contributed by atoms with E-state index in [-0.39, 0.29) is 0 Å². The highest BCUT2D eigenvalue weighted by atomic mass is 79.9. The van der Waals surface area contributed by atoms with Crippen LogP contribution in [-0.2, 0) is 0 Å². The van der Waals surface area contributed by atoms with Gasteiger partial charge in [0, 0.05) is 10.5 Å². The lowest BCUT2D eigenvalue weighted by molar-refractivity contribution is -0.140. The number of hydrogen-bond donors (Lipinski definition) is 1. The largest absolute Gasteiger partial charge is 0.390 e. The number of halogens is 4. The molecule has 0 spiro atoms. The highest BCUT2D eigenvalue weighted by Gasteiger charge is 2.32. The van der Waals surface area contributed by atoms with Gasteiger partial charge < -0.3 is 5.32 Å². The van der Waals surface area contributed by atoms with Crippen molar-refractivity contribution >= 4 is 15.9 Å². The zero-order valence-corrected chi connectivity index (χ0v) is 11.5. The Labute approximate surface area is 108 Å². The Bertz CT molecular complexity index is 401. The van der Waals surface area contributed by atoms with Crippen LogP contribution in [0.4, 0.5) is 13.2 Å². The van der Waals surface area contributed by atoms with E-state index in [9.17, 15) is 13.2 Å². The van der Waals surface area contributed by atoms with Gasteiger partial charge in [0.05, 0.1) is 6.42 Å². The molecule has 5 heteroatoms. The zero-order valence-electron chi connectivity index (χ0n) is 9.95. The average molecular weight is 310 g/mol. The topological polar surface area (TPSA) is 12.0 Å². The van der Waals surface area contributed by atoms with Crippen LogP contribution in [0, 0.1) is 13.8 Å². The van der Waals surface area contributed by atoms with Crippen LogP contribution in [0.15, 0.2) is 16.6 Å². The molecule has 1 unspecified atom stereocenters. The predicted octanol–water partition coefficient (Wildman–Crippen LogP) is 4.28. The zero-order chi connectivity index (χ0) is 13.2. The molecule has 0 bridgehead atoms. The van der Waals surface area contributed by atoms with Gasteiger partial charge in [-0.15, -0.1) is 0 Å². The van der Waals surface area contributed by atoms with Gasteiger partial charge in [0.15, 0.2) is 0 Å². The van der Waals surface area contributed by atoms with Gasteiger partial charge in [-0.2, -0.15) is 13.2 Å². The molecule has 1 atom stereocenters. The molecular weight excluding hydrogens is 295 g/mol. The van der Waals surface area contributed by atoms with Crippen molar-refractivity contribution in [2.75, 3.05) is 7.05 Å². The first-order chi connectivity index (χ1) is 7.74. The van der Waals surface area contributed by atoms with Crippen LogP contribution in [0.5, 0.6) is 0 Å². The first-order valence-electron chi connectivity index (χ1n) is 5.25.